The van der Waals surface area contributed by atoms with E-state index in [-0.39, 0.29) is 5.69 Å². The van der Waals surface area contributed by atoms with Crippen molar-refractivity contribution in [2.75, 3.05) is 5.32 Å². The van der Waals surface area contributed by atoms with Crippen molar-refractivity contribution >= 4 is 28.5 Å². The lowest BCUT2D eigenvalue weighted by Crippen LogP contribution is -1.92. The van der Waals surface area contributed by atoms with Crippen molar-refractivity contribution < 1.29 is 9.34 Å². The summed E-state index contributed by atoms with van der Waals surface area (Å²) in [7, 11) is 0. The van der Waals surface area contributed by atoms with E-state index in [4.69, 9.17) is 4.42 Å². The molecule has 0 atom stereocenters. The van der Waals surface area contributed by atoms with Crippen molar-refractivity contribution in [1.29, 1.82) is 0 Å². The maximum atomic E-state index is 10.7. The number of anilines is 2. The molecule has 0 aliphatic heterocycles. The Labute approximate surface area is 107 Å². The Bertz CT molecular complexity index is 718. The molecule has 1 heterocycles. The molecule has 0 amide bonds. The summed E-state index contributed by atoms with van der Waals surface area (Å²) < 4.78 is 5.48. The summed E-state index contributed by atoms with van der Waals surface area (Å²) in [5.41, 5.74) is 1.97. The molecule has 0 unspecified atom stereocenters. The average molecular weight is 255 g/mol. The van der Waals surface area contributed by atoms with Crippen molar-refractivity contribution in [3.05, 3.63) is 58.6 Å². The molecule has 1 aromatic heterocycles. The van der Waals surface area contributed by atoms with Crippen LogP contribution >= 0.6 is 0 Å². The second kappa shape index (κ2) is 4.41. The van der Waals surface area contributed by atoms with Crippen LogP contribution in [0.3, 0.4) is 0 Å². The smallest absolute Gasteiger partial charge is 0.300 e. The first kappa shape index (κ1) is 11.2. The Balaban J connectivity index is 1.92. The summed E-state index contributed by atoms with van der Waals surface area (Å²) in [5, 5.41) is 13.6. The van der Waals surface area contributed by atoms with Crippen molar-refractivity contribution in [3.63, 3.8) is 0 Å². The van der Waals surface area contributed by atoms with Crippen LogP contribution in [-0.4, -0.2) is 9.91 Å². The minimum absolute atomic E-state index is 0.0149. The number of hydrogen-bond acceptors (Lipinski definition) is 5. The monoisotopic (exact) mass is 255 g/mol. The molecule has 0 bridgehead atoms. The Morgan fingerprint density at radius 1 is 1.16 bits per heavy atom. The maximum absolute atomic E-state index is 10.7. The van der Waals surface area contributed by atoms with E-state index in [1.54, 1.807) is 18.2 Å². The second-order valence-electron chi connectivity index (χ2n) is 3.92. The van der Waals surface area contributed by atoms with Gasteiger partial charge in [-0.2, -0.15) is 4.98 Å². The quantitative estimate of drug-likeness (QED) is 0.572. The van der Waals surface area contributed by atoms with Gasteiger partial charge >= 0.3 is 0 Å². The van der Waals surface area contributed by atoms with Crippen LogP contribution in [0.4, 0.5) is 17.4 Å². The highest BCUT2D eigenvalue weighted by Gasteiger charge is 2.08. The zero-order chi connectivity index (χ0) is 13.2. The standard InChI is InChI=1S/C13H9N3O3/c17-16(18)10-5-3-4-9(8-10)14-13-15-11-6-1-2-7-12(11)19-13/h1-8H,(H,14,15). The van der Waals surface area contributed by atoms with Gasteiger partial charge in [0.15, 0.2) is 5.58 Å². The van der Waals surface area contributed by atoms with Gasteiger partial charge in [0.25, 0.3) is 11.7 Å². The average Bonchev–Trinajstić information content (AvgIpc) is 2.81. The molecule has 0 saturated heterocycles. The van der Waals surface area contributed by atoms with Gasteiger partial charge in [0, 0.05) is 17.8 Å². The first-order valence-electron chi connectivity index (χ1n) is 5.59. The molecule has 6 nitrogen and oxygen atoms in total. The molecule has 2 aromatic carbocycles. The van der Waals surface area contributed by atoms with Crippen LogP contribution in [0.25, 0.3) is 11.1 Å². The van der Waals surface area contributed by atoms with Crippen LogP contribution in [-0.2, 0) is 0 Å². The normalized spacial score (nSPS) is 10.5. The van der Waals surface area contributed by atoms with Gasteiger partial charge in [0.1, 0.15) is 5.52 Å². The minimum Gasteiger partial charge on any atom is -0.423 e. The van der Waals surface area contributed by atoms with Gasteiger partial charge in [0.05, 0.1) is 4.92 Å². The van der Waals surface area contributed by atoms with E-state index in [9.17, 15) is 10.1 Å². The van der Waals surface area contributed by atoms with Crippen molar-refractivity contribution in [2.45, 2.75) is 0 Å². The lowest BCUT2D eigenvalue weighted by molar-refractivity contribution is -0.384. The fraction of sp³-hybridized carbons (Fsp3) is 0. The van der Waals surface area contributed by atoms with Crippen molar-refractivity contribution in [2.24, 2.45) is 0 Å². The highest BCUT2D eigenvalue weighted by molar-refractivity contribution is 5.75. The highest BCUT2D eigenvalue weighted by atomic mass is 16.6. The second-order valence-corrected chi connectivity index (χ2v) is 3.92. The highest BCUT2D eigenvalue weighted by Crippen LogP contribution is 2.23. The Morgan fingerprint density at radius 2 is 2.00 bits per heavy atom. The number of aromatic nitrogens is 1. The number of nitrogens with zero attached hydrogens (tertiary/aromatic N) is 2. The van der Waals surface area contributed by atoms with Gasteiger partial charge in [-0.15, -0.1) is 0 Å². The molecule has 0 aliphatic carbocycles. The summed E-state index contributed by atoms with van der Waals surface area (Å²) >= 11 is 0. The molecule has 6 heteroatoms. The first-order chi connectivity index (χ1) is 9.22. The van der Waals surface area contributed by atoms with Crippen LogP contribution < -0.4 is 5.32 Å². The van der Waals surface area contributed by atoms with E-state index in [0.29, 0.717) is 17.3 Å². The molecule has 3 rings (SSSR count). The number of nitrogens with one attached hydrogen (secondary N) is 1. The Hall–Kier alpha value is -2.89. The number of fused-ring (bicyclic) bond motifs is 1. The molecule has 0 fully saturated rings. The van der Waals surface area contributed by atoms with Gasteiger partial charge in [-0.1, -0.05) is 18.2 Å². The SMILES string of the molecule is O=[N+]([O-])c1cccc(Nc2nc3ccccc3o2)c1. The van der Waals surface area contributed by atoms with Crippen LogP contribution in [0.2, 0.25) is 0 Å². The fourth-order valence-corrected chi connectivity index (χ4v) is 1.75. The van der Waals surface area contributed by atoms with Gasteiger partial charge < -0.3 is 9.73 Å². The van der Waals surface area contributed by atoms with E-state index in [1.165, 1.54) is 12.1 Å². The third-order valence-corrected chi connectivity index (χ3v) is 2.60. The molecule has 1 N–H and O–H groups in total. The maximum Gasteiger partial charge on any atom is 0.300 e. The van der Waals surface area contributed by atoms with Crippen LogP contribution in [0.5, 0.6) is 0 Å². The molecule has 94 valence electrons. The minimum atomic E-state index is -0.447. The number of oxazole rings is 1. The number of rotatable bonds is 3. The number of hydrogen-bond donors (Lipinski definition) is 1. The molecule has 19 heavy (non-hydrogen) atoms. The molecule has 0 aliphatic rings. The topological polar surface area (TPSA) is 81.2 Å². The predicted octanol–water partition coefficient (Wildman–Crippen LogP) is 3.48. The fourth-order valence-electron chi connectivity index (χ4n) is 1.75. The van der Waals surface area contributed by atoms with E-state index >= 15 is 0 Å². The molecular weight excluding hydrogens is 246 g/mol. The first-order valence-corrected chi connectivity index (χ1v) is 5.59. The number of nitro groups is 1. The van der Waals surface area contributed by atoms with E-state index in [1.807, 2.05) is 18.2 Å². The molecule has 0 radical (unpaired) electrons. The van der Waals surface area contributed by atoms with Crippen molar-refractivity contribution in [3.8, 4) is 0 Å². The van der Waals surface area contributed by atoms with Gasteiger partial charge in [0.2, 0.25) is 0 Å². The third-order valence-electron chi connectivity index (χ3n) is 2.60. The summed E-state index contributed by atoms with van der Waals surface area (Å²) in [6.07, 6.45) is 0. The molecule has 0 spiro atoms. The van der Waals surface area contributed by atoms with Gasteiger partial charge in [-0.05, 0) is 18.2 Å². The summed E-state index contributed by atoms with van der Waals surface area (Å²) in [4.78, 5) is 14.5. The number of non-ortho nitro benzene ring substituents is 1. The number of para-hydroxylation sites is 2. The lowest BCUT2D eigenvalue weighted by Gasteiger charge is -2.00. The zero-order valence-corrected chi connectivity index (χ0v) is 9.74. The predicted molar refractivity (Wildman–Crippen MR) is 70.4 cm³/mol. The number of benzene rings is 2. The Kier molecular flexibility index (Phi) is 2.60. The number of nitro benzene ring substituents is 1. The largest absolute Gasteiger partial charge is 0.423 e. The lowest BCUT2D eigenvalue weighted by atomic mass is 10.3. The van der Waals surface area contributed by atoms with E-state index < -0.39 is 4.92 Å². The third kappa shape index (κ3) is 2.23. The summed E-state index contributed by atoms with van der Waals surface area (Å²) in [6, 6.07) is 13.8. The molecule has 3 aromatic rings. The Morgan fingerprint density at radius 3 is 2.79 bits per heavy atom. The van der Waals surface area contributed by atoms with Gasteiger partial charge in [-0.3, -0.25) is 10.1 Å². The van der Waals surface area contributed by atoms with Crippen LogP contribution in [0.1, 0.15) is 0 Å². The molecule has 0 saturated carbocycles. The van der Waals surface area contributed by atoms with Crippen molar-refractivity contribution in [1.82, 2.24) is 4.98 Å². The molecular formula is C13H9N3O3. The van der Waals surface area contributed by atoms with E-state index in [2.05, 4.69) is 10.3 Å². The van der Waals surface area contributed by atoms with Gasteiger partial charge in [-0.25, -0.2) is 0 Å². The van der Waals surface area contributed by atoms with Crippen LogP contribution in [0.15, 0.2) is 52.9 Å². The summed E-state index contributed by atoms with van der Waals surface area (Å²) in [6.45, 7) is 0. The summed E-state index contributed by atoms with van der Waals surface area (Å²) in [5.74, 6) is 0. The zero-order valence-electron chi connectivity index (χ0n) is 9.74. The van der Waals surface area contributed by atoms with E-state index in [0.717, 1.165) is 5.52 Å². The van der Waals surface area contributed by atoms with Crippen LogP contribution in [0, 0.1) is 10.1 Å².